The highest BCUT2D eigenvalue weighted by Crippen LogP contribution is 2.26. The number of likely N-dealkylation sites (N-methyl/N-ethyl adjacent to an activating group) is 1. The van der Waals surface area contributed by atoms with Crippen molar-refractivity contribution in [1.29, 1.82) is 0 Å². The van der Waals surface area contributed by atoms with Crippen molar-refractivity contribution in [2.24, 2.45) is 5.92 Å². The zero-order chi connectivity index (χ0) is 13.7. The van der Waals surface area contributed by atoms with Gasteiger partial charge in [-0.25, -0.2) is 0 Å². The van der Waals surface area contributed by atoms with Crippen molar-refractivity contribution < 1.29 is 9.53 Å². The summed E-state index contributed by atoms with van der Waals surface area (Å²) in [6, 6.07) is 0.583. The summed E-state index contributed by atoms with van der Waals surface area (Å²) in [6.07, 6.45) is 6.60. The fourth-order valence-electron chi connectivity index (χ4n) is 3.25. The van der Waals surface area contributed by atoms with E-state index in [2.05, 4.69) is 18.8 Å². The average Bonchev–Trinajstić information content (AvgIpc) is 3.06. The maximum atomic E-state index is 12.8. The Morgan fingerprint density at radius 2 is 2.16 bits per heavy atom. The number of rotatable bonds is 6. The van der Waals surface area contributed by atoms with Gasteiger partial charge in [-0.1, -0.05) is 25.8 Å². The summed E-state index contributed by atoms with van der Waals surface area (Å²) in [6.45, 7) is 8.61. The molecule has 0 aromatic carbocycles. The first kappa shape index (κ1) is 14.5. The first-order valence-corrected chi connectivity index (χ1v) is 7.50. The third-order valence-electron chi connectivity index (χ3n) is 4.24. The fraction of sp³-hybridized carbons (Fsp3) is 0.800. The lowest BCUT2D eigenvalue weighted by Gasteiger charge is -2.31. The molecule has 2 unspecified atom stereocenters. The Labute approximate surface area is 116 Å². The van der Waals surface area contributed by atoms with E-state index in [0.29, 0.717) is 25.8 Å². The van der Waals surface area contributed by atoms with E-state index in [1.54, 1.807) is 0 Å². The van der Waals surface area contributed by atoms with Crippen LogP contribution in [-0.4, -0.2) is 49.2 Å². The van der Waals surface area contributed by atoms with E-state index in [-0.39, 0.29) is 17.9 Å². The third-order valence-corrected chi connectivity index (χ3v) is 4.24. The molecule has 0 spiro atoms. The predicted molar refractivity (Wildman–Crippen MR) is 75.9 cm³/mol. The molecule has 1 saturated heterocycles. The second kappa shape index (κ2) is 7.06. The van der Waals surface area contributed by atoms with E-state index in [4.69, 9.17) is 4.74 Å². The van der Waals surface area contributed by atoms with Crippen molar-refractivity contribution in [1.82, 2.24) is 10.2 Å². The number of nitrogens with zero attached hydrogens (tertiary/aromatic N) is 1. The minimum atomic E-state index is -0.0273. The predicted octanol–water partition coefficient (Wildman–Crippen LogP) is 1.57. The van der Waals surface area contributed by atoms with Gasteiger partial charge in [0, 0.05) is 18.6 Å². The molecule has 0 aromatic heterocycles. The first-order valence-electron chi connectivity index (χ1n) is 7.50. The van der Waals surface area contributed by atoms with Crippen LogP contribution in [0.5, 0.6) is 0 Å². The molecule has 2 rings (SSSR count). The first-order chi connectivity index (χ1) is 9.27. The third kappa shape index (κ3) is 3.37. The summed E-state index contributed by atoms with van der Waals surface area (Å²) in [4.78, 5) is 14.8. The second-order valence-corrected chi connectivity index (χ2v) is 5.53. The average molecular weight is 266 g/mol. The zero-order valence-corrected chi connectivity index (χ0v) is 11.9. The van der Waals surface area contributed by atoms with E-state index < -0.39 is 0 Å². The lowest BCUT2D eigenvalue weighted by molar-refractivity contribution is -0.137. The lowest BCUT2D eigenvalue weighted by Crippen LogP contribution is -2.48. The van der Waals surface area contributed by atoms with Crippen LogP contribution in [-0.2, 0) is 9.53 Å². The Morgan fingerprint density at radius 3 is 2.79 bits per heavy atom. The number of carbonyl (C=O) groups is 1. The van der Waals surface area contributed by atoms with Gasteiger partial charge >= 0.3 is 0 Å². The van der Waals surface area contributed by atoms with Crippen molar-refractivity contribution in [3.8, 4) is 0 Å². The van der Waals surface area contributed by atoms with E-state index in [9.17, 15) is 4.79 Å². The van der Waals surface area contributed by atoms with Crippen LogP contribution < -0.4 is 5.32 Å². The molecule has 108 valence electrons. The molecule has 19 heavy (non-hydrogen) atoms. The van der Waals surface area contributed by atoms with Crippen LogP contribution in [0.1, 0.15) is 32.6 Å². The molecule has 2 aliphatic rings. The molecular formula is C15H26N2O2. The number of ether oxygens (including phenoxy) is 1. The van der Waals surface area contributed by atoms with Gasteiger partial charge in [-0.3, -0.25) is 4.79 Å². The molecule has 0 bridgehead atoms. The van der Waals surface area contributed by atoms with Crippen LogP contribution in [0.2, 0.25) is 0 Å². The molecule has 1 amide bonds. The number of hydrogen-bond acceptors (Lipinski definition) is 3. The van der Waals surface area contributed by atoms with Gasteiger partial charge in [-0.15, -0.1) is 6.58 Å². The fourth-order valence-corrected chi connectivity index (χ4v) is 3.25. The van der Waals surface area contributed by atoms with E-state index in [0.717, 1.165) is 19.4 Å². The summed E-state index contributed by atoms with van der Waals surface area (Å²) in [5, 5.41) is 3.36. The van der Waals surface area contributed by atoms with Crippen LogP contribution in [0.15, 0.2) is 12.7 Å². The molecule has 4 nitrogen and oxygen atoms in total. The topological polar surface area (TPSA) is 41.6 Å². The van der Waals surface area contributed by atoms with Crippen molar-refractivity contribution in [2.75, 3.05) is 26.3 Å². The van der Waals surface area contributed by atoms with Gasteiger partial charge in [0.1, 0.15) is 0 Å². The lowest BCUT2D eigenvalue weighted by atomic mass is 10.0. The van der Waals surface area contributed by atoms with Crippen molar-refractivity contribution in [2.45, 2.75) is 44.7 Å². The summed E-state index contributed by atoms with van der Waals surface area (Å²) in [7, 11) is 0. The summed E-state index contributed by atoms with van der Waals surface area (Å²) < 4.78 is 5.50. The smallest absolute Gasteiger partial charge is 0.230 e. The Hall–Kier alpha value is -0.870. The van der Waals surface area contributed by atoms with Crippen LogP contribution in [0.25, 0.3) is 0 Å². The van der Waals surface area contributed by atoms with E-state index in [1.165, 1.54) is 12.8 Å². The maximum Gasteiger partial charge on any atom is 0.230 e. The van der Waals surface area contributed by atoms with E-state index >= 15 is 0 Å². The van der Waals surface area contributed by atoms with Crippen LogP contribution in [0.3, 0.4) is 0 Å². The molecule has 0 aromatic rings. The van der Waals surface area contributed by atoms with Gasteiger partial charge in [0.05, 0.1) is 19.1 Å². The standard InChI is InChI=1S/C15H26N2O2/c1-3-9-17(12-7-5-6-8-12)15(18)13-10-19-11-14(13)16-4-2/h3,12-14,16H,1,4-11H2,2H3. The van der Waals surface area contributed by atoms with Gasteiger partial charge in [0.25, 0.3) is 0 Å². The molecule has 2 atom stereocenters. The summed E-state index contributed by atoms with van der Waals surface area (Å²) in [5.41, 5.74) is 0. The molecule has 1 N–H and O–H groups in total. The quantitative estimate of drug-likeness (QED) is 0.742. The number of carbonyl (C=O) groups excluding carboxylic acids is 1. The molecular weight excluding hydrogens is 240 g/mol. The SMILES string of the molecule is C=CCN(C(=O)C1COCC1NCC)C1CCCC1. The van der Waals surface area contributed by atoms with Crippen LogP contribution in [0, 0.1) is 5.92 Å². The van der Waals surface area contributed by atoms with Gasteiger partial charge in [0.2, 0.25) is 5.91 Å². The summed E-state index contributed by atoms with van der Waals surface area (Å²) in [5.74, 6) is 0.218. The van der Waals surface area contributed by atoms with Gasteiger partial charge < -0.3 is 15.0 Å². The van der Waals surface area contributed by atoms with Crippen LogP contribution in [0.4, 0.5) is 0 Å². The minimum Gasteiger partial charge on any atom is -0.379 e. The number of hydrogen-bond donors (Lipinski definition) is 1. The van der Waals surface area contributed by atoms with Gasteiger partial charge in [-0.05, 0) is 19.4 Å². The Morgan fingerprint density at radius 1 is 1.42 bits per heavy atom. The highest BCUT2D eigenvalue weighted by atomic mass is 16.5. The molecule has 1 aliphatic carbocycles. The monoisotopic (exact) mass is 266 g/mol. The van der Waals surface area contributed by atoms with E-state index in [1.807, 2.05) is 11.0 Å². The van der Waals surface area contributed by atoms with Crippen molar-refractivity contribution in [3.05, 3.63) is 12.7 Å². The highest BCUT2D eigenvalue weighted by molar-refractivity contribution is 5.80. The normalized spacial score (nSPS) is 27.6. The Balaban J connectivity index is 2.03. The van der Waals surface area contributed by atoms with Gasteiger partial charge in [-0.2, -0.15) is 0 Å². The molecule has 4 heteroatoms. The molecule has 1 saturated carbocycles. The van der Waals surface area contributed by atoms with Crippen LogP contribution >= 0.6 is 0 Å². The second-order valence-electron chi connectivity index (χ2n) is 5.53. The number of amides is 1. The minimum absolute atomic E-state index is 0.0273. The number of nitrogens with one attached hydrogen (secondary N) is 1. The molecule has 0 radical (unpaired) electrons. The summed E-state index contributed by atoms with van der Waals surface area (Å²) >= 11 is 0. The Bertz CT molecular complexity index is 313. The van der Waals surface area contributed by atoms with Crippen molar-refractivity contribution >= 4 is 5.91 Å². The highest BCUT2D eigenvalue weighted by Gasteiger charge is 2.38. The molecule has 2 fully saturated rings. The van der Waals surface area contributed by atoms with Crippen molar-refractivity contribution in [3.63, 3.8) is 0 Å². The Kier molecular flexibility index (Phi) is 5.40. The maximum absolute atomic E-state index is 12.8. The zero-order valence-electron chi connectivity index (χ0n) is 11.9. The molecule has 1 heterocycles. The molecule has 1 aliphatic heterocycles. The largest absolute Gasteiger partial charge is 0.379 e. The van der Waals surface area contributed by atoms with Gasteiger partial charge in [0.15, 0.2) is 0 Å².